The van der Waals surface area contributed by atoms with Gasteiger partial charge < -0.3 is 9.84 Å². The van der Waals surface area contributed by atoms with E-state index in [4.69, 9.17) is 9.84 Å². The van der Waals surface area contributed by atoms with Crippen LogP contribution in [0.4, 0.5) is 0 Å². The Balaban J connectivity index is 2.07. The average Bonchev–Trinajstić information content (AvgIpc) is 2.81. The topological polar surface area (TPSA) is 46.5 Å². The van der Waals surface area contributed by atoms with Gasteiger partial charge in [-0.05, 0) is 36.8 Å². The van der Waals surface area contributed by atoms with Gasteiger partial charge in [-0.2, -0.15) is 11.8 Å². The molecule has 1 heterocycles. The van der Waals surface area contributed by atoms with Gasteiger partial charge in [0.15, 0.2) is 0 Å². The van der Waals surface area contributed by atoms with Crippen LogP contribution in [0.5, 0.6) is 5.75 Å². The van der Waals surface area contributed by atoms with Gasteiger partial charge in [-0.1, -0.05) is 12.1 Å². The van der Waals surface area contributed by atoms with E-state index in [1.807, 2.05) is 36.0 Å². The largest absolute Gasteiger partial charge is 0.490 e. The number of carboxylic acid groups (broad SMARTS) is 1. The summed E-state index contributed by atoms with van der Waals surface area (Å²) in [6.07, 6.45) is 1.35. The Hall–Kier alpha value is -1.16. The third kappa shape index (κ3) is 3.16. The van der Waals surface area contributed by atoms with Crippen molar-refractivity contribution in [3.63, 3.8) is 0 Å². The molecule has 0 aromatic heterocycles. The van der Waals surface area contributed by atoms with Crippen LogP contribution in [0.25, 0.3) is 0 Å². The number of hydrogen-bond acceptors (Lipinski definition) is 3. The third-order valence-electron chi connectivity index (χ3n) is 2.92. The highest BCUT2D eigenvalue weighted by Crippen LogP contribution is 2.25. The quantitative estimate of drug-likeness (QED) is 0.895. The van der Waals surface area contributed by atoms with E-state index in [1.54, 1.807) is 6.92 Å². The lowest BCUT2D eigenvalue weighted by atomic mass is 10.0. The van der Waals surface area contributed by atoms with E-state index in [9.17, 15) is 4.79 Å². The Morgan fingerprint density at radius 1 is 1.59 bits per heavy atom. The lowest BCUT2D eigenvalue weighted by Crippen LogP contribution is -2.15. The molecule has 2 atom stereocenters. The van der Waals surface area contributed by atoms with Gasteiger partial charge in [-0.3, -0.25) is 4.79 Å². The van der Waals surface area contributed by atoms with Crippen LogP contribution < -0.4 is 4.74 Å². The molecule has 1 fully saturated rings. The Bertz CT molecular complexity index is 399. The second-order valence-electron chi connectivity index (χ2n) is 4.24. The maximum atomic E-state index is 10.9. The van der Waals surface area contributed by atoms with E-state index in [0.717, 1.165) is 29.2 Å². The van der Waals surface area contributed by atoms with Gasteiger partial charge in [0.05, 0.1) is 5.92 Å². The first-order valence-electron chi connectivity index (χ1n) is 5.74. The van der Waals surface area contributed by atoms with Crippen molar-refractivity contribution in [3.05, 3.63) is 29.8 Å². The average molecular weight is 252 g/mol. The Morgan fingerprint density at radius 2 is 2.41 bits per heavy atom. The number of carbonyl (C=O) groups is 1. The van der Waals surface area contributed by atoms with Crippen molar-refractivity contribution >= 4 is 17.7 Å². The fraction of sp³-hybridized carbons (Fsp3) is 0.462. The van der Waals surface area contributed by atoms with Crippen molar-refractivity contribution in [1.29, 1.82) is 0 Å². The molecule has 0 amide bonds. The number of thioether (sulfide) groups is 1. The molecule has 0 spiro atoms. The molecule has 2 rings (SSSR count). The number of carboxylic acids is 1. The molecule has 0 radical (unpaired) electrons. The van der Waals surface area contributed by atoms with Crippen LogP contribution >= 0.6 is 11.8 Å². The summed E-state index contributed by atoms with van der Waals surface area (Å²) in [6, 6.07) is 7.41. The first-order valence-corrected chi connectivity index (χ1v) is 6.89. The summed E-state index contributed by atoms with van der Waals surface area (Å²) in [5.74, 6) is 1.66. The van der Waals surface area contributed by atoms with Crippen molar-refractivity contribution in [2.45, 2.75) is 25.4 Å². The Kier molecular flexibility index (Phi) is 3.94. The Labute approximate surface area is 105 Å². The predicted octanol–water partition coefficient (Wildman–Crippen LogP) is 2.76. The van der Waals surface area contributed by atoms with Gasteiger partial charge >= 0.3 is 5.97 Å². The first-order chi connectivity index (χ1) is 8.16. The highest BCUT2D eigenvalue weighted by molar-refractivity contribution is 7.99. The van der Waals surface area contributed by atoms with Crippen molar-refractivity contribution in [3.8, 4) is 5.75 Å². The van der Waals surface area contributed by atoms with Crippen molar-refractivity contribution in [2.24, 2.45) is 0 Å². The maximum Gasteiger partial charge on any atom is 0.310 e. The minimum Gasteiger partial charge on any atom is -0.490 e. The van der Waals surface area contributed by atoms with Gasteiger partial charge in [0.25, 0.3) is 0 Å². The molecule has 1 N–H and O–H groups in total. The summed E-state index contributed by atoms with van der Waals surface area (Å²) in [7, 11) is 0. The monoisotopic (exact) mass is 252 g/mol. The van der Waals surface area contributed by atoms with Crippen LogP contribution in [0.2, 0.25) is 0 Å². The van der Waals surface area contributed by atoms with Crippen LogP contribution in [-0.2, 0) is 4.79 Å². The molecule has 92 valence electrons. The standard InChI is InChI=1S/C13H16O3S/c1-9(13(14)15)10-3-2-4-11(7-10)16-12-5-6-17-8-12/h2-4,7,9,12H,5-6,8H2,1H3,(H,14,15). The number of aliphatic carboxylic acids is 1. The van der Waals surface area contributed by atoms with Crippen molar-refractivity contribution in [1.82, 2.24) is 0 Å². The Morgan fingerprint density at radius 3 is 3.06 bits per heavy atom. The van der Waals surface area contributed by atoms with Gasteiger partial charge in [0, 0.05) is 5.75 Å². The fourth-order valence-corrected chi connectivity index (χ4v) is 2.89. The molecule has 1 aliphatic heterocycles. The lowest BCUT2D eigenvalue weighted by Gasteiger charge is -2.14. The number of rotatable bonds is 4. The summed E-state index contributed by atoms with van der Waals surface area (Å²) in [4.78, 5) is 10.9. The highest BCUT2D eigenvalue weighted by atomic mass is 32.2. The second kappa shape index (κ2) is 5.45. The summed E-state index contributed by atoms with van der Waals surface area (Å²) in [5, 5.41) is 8.97. The lowest BCUT2D eigenvalue weighted by molar-refractivity contribution is -0.138. The summed E-state index contributed by atoms with van der Waals surface area (Å²) < 4.78 is 5.83. The zero-order valence-electron chi connectivity index (χ0n) is 9.76. The molecule has 1 aromatic carbocycles. The van der Waals surface area contributed by atoms with Crippen LogP contribution in [0.3, 0.4) is 0 Å². The van der Waals surface area contributed by atoms with Crippen LogP contribution in [-0.4, -0.2) is 28.7 Å². The first kappa shape index (κ1) is 12.3. The number of ether oxygens (including phenoxy) is 1. The summed E-state index contributed by atoms with van der Waals surface area (Å²) in [5.41, 5.74) is 0.792. The fourth-order valence-electron chi connectivity index (χ4n) is 1.80. The van der Waals surface area contributed by atoms with Gasteiger partial charge in [0.2, 0.25) is 0 Å². The van der Waals surface area contributed by atoms with Gasteiger partial charge in [-0.15, -0.1) is 0 Å². The van der Waals surface area contributed by atoms with E-state index in [0.29, 0.717) is 0 Å². The van der Waals surface area contributed by atoms with Crippen molar-refractivity contribution in [2.75, 3.05) is 11.5 Å². The van der Waals surface area contributed by atoms with Gasteiger partial charge in [-0.25, -0.2) is 0 Å². The predicted molar refractivity (Wildman–Crippen MR) is 68.9 cm³/mol. The van der Waals surface area contributed by atoms with E-state index in [-0.39, 0.29) is 6.10 Å². The maximum absolute atomic E-state index is 10.9. The molecule has 1 aromatic rings. The molecule has 2 unspecified atom stereocenters. The second-order valence-corrected chi connectivity index (χ2v) is 5.39. The SMILES string of the molecule is CC(C(=O)O)c1cccc(OC2CCSC2)c1. The highest BCUT2D eigenvalue weighted by Gasteiger charge is 2.18. The molecular weight excluding hydrogens is 236 g/mol. The molecule has 0 saturated carbocycles. The third-order valence-corrected chi connectivity index (χ3v) is 4.05. The minimum absolute atomic E-state index is 0.274. The van der Waals surface area contributed by atoms with Gasteiger partial charge in [0.1, 0.15) is 11.9 Å². The molecule has 1 saturated heterocycles. The number of benzene rings is 1. The smallest absolute Gasteiger partial charge is 0.310 e. The molecule has 17 heavy (non-hydrogen) atoms. The minimum atomic E-state index is -0.807. The molecule has 0 bridgehead atoms. The van der Waals surface area contributed by atoms with Crippen molar-refractivity contribution < 1.29 is 14.6 Å². The van der Waals surface area contributed by atoms with Crippen LogP contribution in [0.15, 0.2) is 24.3 Å². The summed E-state index contributed by atoms with van der Waals surface area (Å²) in [6.45, 7) is 1.69. The van der Waals surface area contributed by atoms with E-state index in [1.165, 1.54) is 0 Å². The normalized spacial score (nSPS) is 21.1. The zero-order chi connectivity index (χ0) is 12.3. The molecule has 0 aliphatic carbocycles. The van der Waals surface area contributed by atoms with E-state index >= 15 is 0 Å². The zero-order valence-corrected chi connectivity index (χ0v) is 10.6. The molecular formula is C13H16O3S. The molecule has 3 nitrogen and oxygen atoms in total. The van der Waals surface area contributed by atoms with Crippen LogP contribution in [0, 0.1) is 0 Å². The number of hydrogen-bond donors (Lipinski definition) is 1. The summed E-state index contributed by atoms with van der Waals surface area (Å²) >= 11 is 1.90. The molecule has 1 aliphatic rings. The molecule has 4 heteroatoms. The van der Waals surface area contributed by atoms with E-state index < -0.39 is 11.9 Å². The van der Waals surface area contributed by atoms with Crippen LogP contribution in [0.1, 0.15) is 24.8 Å². The van der Waals surface area contributed by atoms with E-state index in [2.05, 4.69) is 0 Å².